The van der Waals surface area contributed by atoms with Crippen LogP contribution in [-0.2, 0) is 11.3 Å². The zero-order valence-electron chi connectivity index (χ0n) is 14.4. The molecule has 0 aliphatic heterocycles. The molecule has 4 saturated carbocycles. The Hall–Kier alpha value is -2.24. The maximum atomic E-state index is 12.3. The molecule has 0 spiro atoms. The first-order valence-electron chi connectivity index (χ1n) is 9.16. The Bertz CT molecular complexity index is 635. The van der Waals surface area contributed by atoms with Crippen LogP contribution in [0.4, 0.5) is 10.5 Å². The molecule has 5 rings (SSSR count). The minimum Gasteiger partial charge on any atom is -0.443 e. The minimum absolute atomic E-state index is 0.0926. The fourth-order valence-electron chi connectivity index (χ4n) is 5.42. The van der Waals surface area contributed by atoms with Gasteiger partial charge >= 0.3 is 6.09 Å². The summed E-state index contributed by atoms with van der Waals surface area (Å²) in [4.78, 5) is 12.3. The first-order valence-corrected chi connectivity index (χ1v) is 9.16. The molecule has 4 aliphatic rings. The van der Waals surface area contributed by atoms with Gasteiger partial charge < -0.3 is 21.1 Å². The predicted octanol–water partition coefficient (Wildman–Crippen LogP) is 3.19. The number of anilines is 1. The van der Waals surface area contributed by atoms with Gasteiger partial charge in [-0.3, -0.25) is 5.41 Å². The molecule has 4 aliphatic carbocycles. The molecule has 6 nitrogen and oxygen atoms in total. The molecule has 0 aromatic heterocycles. The van der Waals surface area contributed by atoms with Crippen molar-refractivity contribution in [2.24, 2.45) is 23.5 Å². The number of benzene rings is 1. The van der Waals surface area contributed by atoms with Crippen LogP contribution in [0.15, 0.2) is 24.3 Å². The van der Waals surface area contributed by atoms with Gasteiger partial charge in [0, 0.05) is 12.2 Å². The Morgan fingerprint density at radius 2 is 1.68 bits per heavy atom. The smallest absolute Gasteiger partial charge is 0.407 e. The first kappa shape index (κ1) is 16.2. The van der Waals surface area contributed by atoms with Crippen LogP contribution in [0.3, 0.4) is 0 Å². The number of nitrogens with one attached hydrogen (secondary N) is 3. The summed E-state index contributed by atoms with van der Waals surface area (Å²) in [6.07, 6.45) is 6.88. The van der Waals surface area contributed by atoms with Crippen LogP contribution in [0.5, 0.6) is 0 Å². The largest absolute Gasteiger partial charge is 0.443 e. The van der Waals surface area contributed by atoms with Gasteiger partial charge in [-0.2, -0.15) is 0 Å². The molecule has 1 amide bonds. The maximum absolute atomic E-state index is 12.3. The van der Waals surface area contributed by atoms with Crippen LogP contribution in [0.25, 0.3) is 0 Å². The van der Waals surface area contributed by atoms with E-state index in [-0.39, 0.29) is 17.7 Å². The standard InChI is InChI=1S/C19H26N4O2/c20-17(21)23-16-3-1-12(2-4-16)11-22-18(24)25-19-8-13-5-14(9-19)7-15(6-13)10-19/h1-4,13-15H,5-11H2,(H,22,24)(H4,20,21,23). The molecule has 0 atom stereocenters. The van der Waals surface area contributed by atoms with E-state index in [4.69, 9.17) is 15.9 Å². The topological polar surface area (TPSA) is 100 Å². The van der Waals surface area contributed by atoms with Crippen molar-refractivity contribution >= 4 is 17.7 Å². The lowest BCUT2D eigenvalue weighted by Gasteiger charge is -2.55. The molecule has 0 radical (unpaired) electrons. The molecule has 25 heavy (non-hydrogen) atoms. The second-order valence-corrected chi connectivity index (χ2v) is 8.08. The number of guanidine groups is 1. The van der Waals surface area contributed by atoms with E-state index in [1.54, 1.807) is 0 Å². The van der Waals surface area contributed by atoms with E-state index < -0.39 is 0 Å². The molecular weight excluding hydrogens is 316 g/mol. The van der Waals surface area contributed by atoms with E-state index >= 15 is 0 Å². The van der Waals surface area contributed by atoms with E-state index in [2.05, 4.69) is 10.6 Å². The van der Waals surface area contributed by atoms with Crippen LogP contribution < -0.4 is 16.4 Å². The molecule has 4 fully saturated rings. The Morgan fingerprint density at radius 3 is 2.20 bits per heavy atom. The third-order valence-electron chi connectivity index (χ3n) is 5.96. The maximum Gasteiger partial charge on any atom is 0.407 e. The van der Waals surface area contributed by atoms with Crippen molar-refractivity contribution in [2.45, 2.75) is 50.7 Å². The number of carbonyl (C=O) groups excluding carboxylic acids is 1. The Kier molecular flexibility index (Phi) is 4.06. The number of amides is 1. The van der Waals surface area contributed by atoms with Gasteiger partial charge in [-0.15, -0.1) is 0 Å². The Balaban J connectivity index is 1.30. The summed E-state index contributed by atoms with van der Waals surface area (Å²) >= 11 is 0. The van der Waals surface area contributed by atoms with Gasteiger partial charge in [-0.25, -0.2) is 4.79 Å². The lowest BCUT2D eigenvalue weighted by Crippen LogP contribution is -2.53. The number of hydrogen-bond acceptors (Lipinski definition) is 3. The molecular formula is C19H26N4O2. The third kappa shape index (κ3) is 3.57. The number of nitrogens with two attached hydrogens (primary N) is 1. The summed E-state index contributed by atoms with van der Waals surface area (Å²) in [5, 5.41) is 12.8. The van der Waals surface area contributed by atoms with Crippen LogP contribution in [0, 0.1) is 23.2 Å². The van der Waals surface area contributed by atoms with Crippen molar-refractivity contribution in [1.29, 1.82) is 5.41 Å². The molecule has 0 saturated heterocycles. The third-order valence-corrected chi connectivity index (χ3v) is 5.96. The summed E-state index contributed by atoms with van der Waals surface area (Å²) in [5.74, 6) is 2.20. The van der Waals surface area contributed by atoms with Gasteiger partial charge in [0.2, 0.25) is 0 Å². The lowest BCUT2D eigenvalue weighted by atomic mass is 9.54. The number of alkyl carbamates (subject to hydrolysis) is 1. The average Bonchev–Trinajstić information content (AvgIpc) is 2.52. The first-order chi connectivity index (χ1) is 12.0. The monoisotopic (exact) mass is 342 g/mol. The van der Waals surface area contributed by atoms with E-state index in [1.807, 2.05) is 24.3 Å². The quantitative estimate of drug-likeness (QED) is 0.499. The second-order valence-electron chi connectivity index (χ2n) is 8.08. The number of carbonyl (C=O) groups is 1. The van der Waals surface area contributed by atoms with Crippen molar-refractivity contribution in [1.82, 2.24) is 5.32 Å². The van der Waals surface area contributed by atoms with E-state index in [0.717, 1.165) is 48.3 Å². The van der Waals surface area contributed by atoms with Crippen molar-refractivity contribution < 1.29 is 9.53 Å². The van der Waals surface area contributed by atoms with E-state index in [1.165, 1.54) is 19.3 Å². The van der Waals surface area contributed by atoms with Crippen LogP contribution in [-0.4, -0.2) is 17.7 Å². The average molecular weight is 342 g/mol. The van der Waals surface area contributed by atoms with Gasteiger partial charge in [-0.05, 0) is 74.0 Å². The van der Waals surface area contributed by atoms with Gasteiger partial charge in [0.15, 0.2) is 5.96 Å². The Morgan fingerprint density at radius 1 is 1.12 bits per heavy atom. The summed E-state index contributed by atoms with van der Waals surface area (Å²) in [6.45, 7) is 0.436. The second kappa shape index (κ2) is 6.24. The molecule has 6 heteroatoms. The van der Waals surface area contributed by atoms with Crippen LogP contribution >= 0.6 is 0 Å². The molecule has 1 aromatic rings. The zero-order chi connectivity index (χ0) is 17.4. The Labute approximate surface area is 148 Å². The number of ether oxygens (including phenoxy) is 1. The zero-order valence-corrected chi connectivity index (χ0v) is 14.4. The van der Waals surface area contributed by atoms with Gasteiger partial charge in [-0.1, -0.05) is 12.1 Å². The minimum atomic E-state index is -0.298. The molecule has 1 aromatic carbocycles. The van der Waals surface area contributed by atoms with E-state index in [9.17, 15) is 4.79 Å². The summed E-state index contributed by atoms with van der Waals surface area (Å²) in [6, 6.07) is 7.47. The highest BCUT2D eigenvalue weighted by Crippen LogP contribution is 2.57. The normalized spacial score (nSPS) is 32.2. The fourth-order valence-corrected chi connectivity index (χ4v) is 5.42. The predicted molar refractivity (Wildman–Crippen MR) is 96.2 cm³/mol. The summed E-state index contributed by atoms with van der Waals surface area (Å²) in [7, 11) is 0. The van der Waals surface area contributed by atoms with Gasteiger partial charge in [0.1, 0.15) is 5.60 Å². The molecule has 4 bridgehead atoms. The molecule has 134 valence electrons. The molecule has 5 N–H and O–H groups in total. The highest BCUT2D eigenvalue weighted by Gasteiger charge is 2.53. The number of hydrogen-bond donors (Lipinski definition) is 4. The van der Waals surface area contributed by atoms with Gasteiger partial charge in [0.05, 0.1) is 0 Å². The number of rotatable bonds is 4. The highest BCUT2D eigenvalue weighted by atomic mass is 16.6. The van der Waals surface area contributed by atoms with Crippen molar-refractivity contribution in [3.05, 3.63) is 29.8 Å². The molecule has 0 unspecified atom stereocenters. The lowest BCUT2D eigenvalue weighted by molar-refractivity contribution is -0.127. The molecule has 0 heterocycles. The summed E-state index contributed by atoms with van der Waals surface area (Å²) < 4.78 is 5.94. The van der Waals surface area contributed by atoms with Crippen LogP contribution in [0.2, 0.25) is 0 Å². The van der Waals surface area contributed by atoms with Crippen molar-refractivity contribution in [2.75, 3.05) is 5.32 Å². The van der Waals surface area contributed by atoms with Gasteiger partial charge in [0.25, 0.3) is 0 Å². The fraction of sp³-hybridized carbons (Fsp3) is 0.579. The van der Waals surface area contributed by atoms with Crippen molar-refractivity contribution in [3.8, 4) is 0 Å². The summed E-state index contributed by atoms with van der Waals surface area (Å²) in [5.41, 5.74) is 6.84. The highest BCUT2D eigenvalue weighted by molar-refractivity contribution is 5.89. The van der Waals surface area contributed by atoms with Crippen LogP contribution in [0.1, 0.15) is 44.1 Å². The SMILES string of the molecule is N=C(N)Nc1ccc(CNC(=O)OC23CC4CC(CC(C4)C2)C3)cc1. The van der Waals surface area contributed by atoms with E-state index in [0.29, 0.717) is 6.54 Å². The van der Waals surface area contributed by atoms with Crippen molar-refractivity contribution in [3.63, 3.8) is 0 Å².